The van der Waals surface area contributed by atoms with E-state index in [-0.39, 0.29) is 41.9 Å². The summed E-state index contributed by atoms with van der Waals surface area (Å²) in [4.78, 5) is 37.0. The van der Waals surface area contributed by atoms with E-state index in [1.54, 1.807) is 36.4 Å². The third kappa shape index (κ3) is 7.45. The van der Waals surface area contributed by atoms with Gasteiger partial charge < -0.3 is 24.6 Å². The average molecular weight is 616 g/mol. The fraction of sp³-hybridized carbons (Fsp3) is 0.457. The Labute approximate surface area is 264 Å². The molecule has 45 heavy (non-hydrogen) atoms. The minimum atomic E-state index is -0.270. The summed E-state index contributed by atoms with van der Waals surface area (Å²) in [7, 11) is 0. The smallest absolute Gasteiger partial charge is 0.321 e. The molecule has 0 saturated carbocycles. The number of likely N-dealkylation sites (tertiary alicyclic amines) is 1. The van der Waals surface area contributed by atoms with Crippen molar-refractivity contribution in [2.45, 2.75) is 70.2 Å². The van der Waals surface area contributed by atoms with Gasteiger partial charge in [-0.05, 0) is 87.1 Å². The summed E-state index contributed by atoms with van der Waals surface area (Å²) >= 11 is 0. The maximum atomic E-state index is 14.2. The van der Waals surface area contributed by atoms with Crippen molar-refractivity contribution >= 4 is 11.9 Å². The number of halogens is 1. The molecule has 1 atom stereocenters. The predicted molar refractivity (Wildman–Crippen MR) is 169 cm³/mol. The van der Waals surface area contributed by atoms with Crippen LogP contribution in [0.4, 0.5) is 9.18 Å². The highest BCUT2D eigenvalue weighted by atomic mass is 19.1. The molecule has 6 rings (SSSR count). The predicted octanol–water partition coefficient (Wildman–Crippen LogP) is 5.77. The van der Waals surface area contributed by atoms with Crippen LogP contribution in [0, 0.1) is 5.82 Å². The summed E-state index contributed by atoms with van der Waals surface area (Å²) in [5.41, 5.74) is 2.53. The van der Waals surface area contributed by atoms with Crippen LogP contribution in [0.25, 0.3) is 0 Å². The quantitative estimate of drug-likeness (QED) is 0.329. The van der Waals surface area contributed by atoms with Gasteiger partial charge in [0.05, 0.1) is 6.04 Å². The number of ether oxygens (including phenoxy) is 2. The van der Waals surface area contributed by atoms with Gasteiger partial charge in [-0.25, -0.2) is 14.2 Å². The molecule has 3 aliphatic rings. The van der Waals surface area contributed by atoms with Gasteiger partial charge in [0.15, 0.2) is 0 Å². The first-order chi connectivity index (χ1) is 21.8. The molecule has 0 radical (unpaired) electrons. The lowest BCUT2D eigenvalue weighted by Crippen LogP contribution is -2.48. The standard InChI is InChI=1S/C35H42FN5O4/c1-24(2)38-34(42)26-7-9-31(10-8-26)45-33-11-6-25(21-37-33)22-39-16-12-30(13-17-39)41-32(27-4-3-5-28(36)20-27)23-40(35(41)43)29-14-18-44-19-15-29/h3-11,20-21,24,29-30,32H,12-19,22-23H2,1-2H3,(H,38,42)/t32-/m0/s1. The van der Waals surface area contributed by atoms with Crippen molar-refractivity contribution in [3.8, 4) is 11.6 Å². The zero-order valence-corrected chi connectivity index (χ0v) is 26.0. The molecule has 0 spiro atoms. The van der Waals surface area contributed by atoms with Gasteiger partial charge in [-0.2, -0.15) is 0 Å². The number of hydrogen-bond donors (Lipinski definition) is 1. The van der Waals surface area contributed by atoms with Crippen LogP contribution in [0.5, 0.6) is 11.6 Å². The molecule has 3 fully saturated rings. The molecule has 10 heteroatoms. The number of urea groups is 1. The summed E-state index contributed by atoms with van der Waals surface area (Å²) in [5.74, 6) is 0.718. The van der Waals surface area contributed by atoms with Crippen molar-refractivity contribution in [1.29, 1.82) is 0 Å². The summed E-state index contributed by atoms with van der Waals surface area (Å²) in [5, 5.41) is 2.88. The maximum Gasteiger partial charge on any atom is 0.321 e. The second-order valence-electron chi connectivity index (χ2n) is 12.5. The van der Waals surface area contributed by atoms with Crippen molar-refractivity contribution in [1.82, 2.24) is 25.0 Å². The second kappa shape index (κ2) is 14.0. The van der Waals surface area contributed by atoms with E-state index in [9.17, 15) is 14.0 Å². The molecule has 3 saturated heterocycles. The lowest BCUT2D eigenvalue weighted by molar-refractivity contribution is 0.0493. The third-order valence-electron chi connectivity index (χ3n) is 8.95. The number of pyridine rings is 1. The molecule has 0 aliphatic carbocycles. The Hall–Kier alpha value is -4.02. The number of nitrogens with one attached hydrogen (secondary N) is 1. The molecule has 2 aromatic carbocycles. The third-order valence-corrected chi connectivity index (χ3v) is 8.95. The number of hydrogen-bond acceptors (Lipinski definition) is 6. The highest BCUT2D eigenvalue weighted by Crippen LogP contribution is 2.37. The Morgan fingerprint density at radius 2 is 1.78 bits per heavy atom. The first kappa shape index (κ1) is 31.0. The SMILES string of the molecule is CC(C)NC(=O)c1ccc(Oc2ccc(CN3CCC(N4C(=O)N(C5CCOCC5)C[C@H]4c4cccc(F)c4)CC3)cn2)cc1. The van der Waals surface area contributed by atoms with Crippen LogP contribution in [-0.2, 0) is 11.3 Å². The molecule has 3 amide bonds. The zero-order valence-electron chi connectivity index (χ0n) is 26.0. The normalized spacial score (nSPS) is 20.2. The van der Waals surface area contributed by atoms with Gasteiger partial charge in [-0.3, -0.25) is 9.69 Å². The Bertz CT molecular complexity index is 1450. The molecular formula is C35H42FN5O4. The highest BCUT2D eigenvalue weighted by Gasteiger charge is 2.45. The first-order valence-corrected chi connectivity index (χ1v) is 16.0. The number of amides is 3. The zero-order chi connectivity index (χ0) is 31.3. The van der Waals surface area contributed by atoms with Gasteiger partial charge in [0, 0.05) is 75.3 Å². The Morgan fingerprint density at radius 1 is 1.02 bits per heavy atom. The highest BCUT2D eigenvalue weighted by molar-refractivity contribution is 5.94. The lowest BCUT2D eigenvalue weighted by Gasteiger charge is -2.39. The molecule has 3 aromatic rings. The monoisotopic (exact) mass is 615 g/mol. The fourth-order valence-electron chi connectivity index (χ4n) is 6.65. The Balaban J connectivity index is 1.05. The van der Waals surface area contributed by atoms with Crippen molar-refractivity contribution in [3.63, 3.8) is 0 Å². The van der Waals surface area contributed by atoms with Gasteiger partial charge in [-0.15, -0.1) is 0 Å². The molecule has 0 bridgehead atoms. The van der Waals surface area contributed by atoms with Crippen LogP contribution >= 0.6 is 0 Å². The van der Waals surface area contributed by atoms with Crippen LogP contribution in [0.15, 0.2) is 66.9 Å². The number of carbonyl (C=O) groups is 2. The van der Waals surface area contributed by atoms with Crippen molar-refractivity contribution in [2.75, 3.05) is 32.8 Å². The molecule has 4 heterocycles. The lowest BCUT2D eigenvalue weighted by atomic mass is 9.98. The number of aromatic nitrogens is 1. The number of carbonyl (C=O) groups excluding carboxylic acids is 2. The number of nitrogens with zero attached hydrogens (tertiary/aromatic N) is 4. The number of piperidine rings is 1. The van der Waals surface area contributed by atoms with Crippen molar-refractivity contribution < 1.29 is 23.5 Å². The summed E-state index contributed by atoms with van der Waals surface area (Å²) in [6, 6.07) is 17.9. The number of benzene rings is 2. The molecule has 9 nitrogen and oxygen atoms in total. The summed E-state index contributed by atoms with van der Waals surface area (Å²) in [6.07, 6.45) is 5.24. The summed E-state index contributed by atoms with van der Waals surface area (Å²) < 4.78 is 25.7. The topological polar surface area (TPSA) is 87.2 Å². The van der Waals surface area contributed by atoms with Crippen molar-refractivity contribution in [3.05, 3.63) is 89.4 Å². The van der Waals surface area contributed by atoms with Crippen molar-refractivity contribution in [2.24, 2.45) is 0 Å². The van der Waals surface area contributed by atoms with Crippen LogP contribution in [-0.4, -0.2) is 82.6 Å². The van der Waals surface area contributed by atoms with Gasteiger partial charge in [0.2, 0.25) is 5.88 Å². The largest absolute Gasteiger partial charge is 0.439 e. The molecule has 3 aliphatic heterocycles. The van der Waals surface area contributed by atoms with E-state index in [1.807, 2.05) is 48.0 Å². The van der Waals surface area contributed by atoms with E-state index < -0.39 is 0 Å². The Morgan fingerprint density at radius 3 is 2.44 bits per heavy atom. The molecule has 238 valence electrons. The summed E-state index contributed by atoms with van der Waals surface area (Å²) in [6.45, 7) is 8.26. The van der Waals surface area contributed by atoms with Crippen LogP contribution < -0.4 is 10.1 Å². The van der Waals surface area contributed by atoms with Gasteiger partial charge >= 0.3 is 6.03 Å². The Kier molecular flexibility index (Phi) is 9.61. The molecule has 0 unspecified atom stereocenters. The van der Waals surface area contributed by atoms with Gasteiger partial charge in [0.25, 0.3) is 5.91 Å². The maximum absolute atomic E-state index is 14.2. The van der Waals surface area contributed by atoms with E-state index >= 15 is 0 Å². The molecule has 1 N–H and O–H groups in total. The minimum absolute atomic E-state index is 0.0721. The van der Waals surface area contributed by atoms with Crippen LogP contribution in [0.3, 0.4) is 0 Å². The average Bonchev–Trinajstić information content (AvgIpc) is 3.39. The minimum Gasteiger partial charge on any atom is -0.439 e. The van der Waals surface area contributed by atoms with Crippen LogP contribution in [0.1, 0.15) is 67.1 Å². The van der Waals surface area contributed by atoms with E-state index in [0.717, 1.165) is 56.4 Å². The van der Waals surface area contributed by atoms with E-state index in [1.165, 1.54) is 6.07 Å². The van der Waals surface area contributed by atoms with Gasteiger partial charge in [-0.1, -0.05) is 18.2 Å². The first-order valence-electron chi connectivity index (χ1n) is 16.0. The van der Waals surface area contributed by atoms with E-state index in [0.29, 0.717) is 37.0 Å². The van der Waals surface area contributed by atoms with Crippen LogP contribution in [0.2, 0.25) is 0 Å². The number of rotatable bonds is 9. The second-order valence-corrected chi connectivity index (χ2v) is 12.5. The molecular weight excluding hydrogens is 573 g/mol. The van der Waals surface area contributed by atoms with E-state index in [4.69, 9.17) is 9.47 Å². The van der Waals surface area contributed by atoms with Gasteiger partial charge in [0.1, 0.15) is 11.6 Å². The fourth-order valence-corrected chi connectivity index (χ4v) is 6.65. The molecule has 1 aromatic heterocycles. The van der Waals surface area contributed by atoms with E-state index in [2.05, 4.69) is 15.2 Å².